The first kappa shape index (κ1) is 21.3. The largest absolute Gasteiger partial charge is 0.493 e. The summed E-state index contributed by atoms with van der Waals surface area (Å²) in [6.07, 6.45) is 0. The minimum atomic E-state index is -0.429. The van der Waals surface area contributed by atoms with Gasteiger partial charge in [-0.2, -0.15) is 5.10 Å². The van der Waals surface area contributed by atoms with E-state index in [1.165, 1.54) is 0 Å². The molecule has 2 aromatic carbocycles. The van der Waals surface area contributed by atoms with E-state index in [0.29, 0.717) is 34.6 Å². The SMILES string of the molecule is CCN(CC)CCOc1cc(NC(=O)c2n[nH]c(=O)c3ccccc23)ccc1OC. The van der Waals surface area contributed by atoms with E-state index in [4.69, 9.17) is 9.47 Å². The molecule has 1 heterocycles. The number of hydrogen-bond donors (Lipinski definition) is 2. The van der Waals surface area contributed by atoms with E-state index in [0.717, 1.165) is 19.6 Å². The number of hydrogen-bond acceptors (Lipinski definition) is 6. The summed E-state index contributed by atoms with van der Waals surface area (Å²) in [6.45, 7) is 7.41. The van der Waals surface area contributed by atoms with Crippen molar-refractivity contribution in [3.05, 3.63) is 58.5 Å². The molecule has 0 fully saturated rings. The fourth-order valence-electron chi connectivity index (χ4n) is 3.17. The Bertz CT molecular complexity index is 1080. The van der Waals surface area contributed by atoms with E-state index < -0.39 is 5.91 Å². The lowest BCUT2D eigenvalue weighted by molar-refractivity contribution is 0.102. The Morgan fingerprint density at radius 3 is 2.53 bits per heavy atom. The lowest BCUT2D eigenvalue weighted by Crippen LogP contribution is -2.28. The lowest BCUT2D eigenvalue weighted by atomic mass is 10.1. The van der Waals surface area contributed by atoms with E-state index in [1.807, 2.05) is 0 Å². The summed E-state index contributed by atoms with van der Waals surface area (Å²) in [6, 6.07) is 12.0. The fourth-order valence-corrected chi connectivity index (χ4v) is 3.17. The van der Waals surface area contributed by atoms with Crippen LogP contribution in [0.15, 0.2) is 47.3 Å². The smallest absolute Gasteiger partial charge is 0.276 e. The van der Waals surface area contributed by atoms with Gasteiger partial charge < -0.3 is 19.7 Å². The van der Waals surface area contributed by atoms with E-state index in [1.54, 1.807) is 49.6 Å². The van der Waals surface area contributed by atoms with Crippen LogP contribution in [0, 0.1) is 0 Å². The number of likely N-dealkylation sites (N-methyl/N-ethyl adjacent to an activating group) is 1. The topological polar surface area (TPSA) is 96.5 Å². The summed E-state index contributed by atoms with van der Waals surface area (Å²) >= 11 is 0. The van der Waals surface area contributed by atoms with Gasteiger partial charge in [-0.15, -0.1) is 0 Å². The number of fused-ring (bicyclic) bond motifs is 1. The molecule has 1 amide bonds. The summed E-state index contributed by atoms with van der Waals surface area (Å²) < 4.78 is 11.3. The second-order valence-electron chi connectivity index (χ2n) is 6.64. The highest BCUT2D eigenvalue weighted by Crippen LogP contribution is 2.30. The maximum atomic E-state index is 12.8. The van der Waals surface area contributed by atoms with Crippen LogP contribution >= 0.6 is 0 Å². The first-order chi connectivity index (χ1) is 14.6. The molecular formula is C22H26N4O4. The van der Waals surface area contributed by atoms with Gasteiger partial charge >= 0.3 is 0 Å². The molecule has 3 rings (SSSR count). The molecule has 158 valence electrons. The summed E-state index contributed by atoms with van der Waals surface area (Å²) in [5.74, 6) is 0.698. The Labute approximate surface area is 174 Å². The van der Waals surface area contributed by atoms with Crippen LogP contribution in [-0.4, -0.2) is 54.4 Å². The number of aromatic nitrogens is 2. The number of methoxy groups -OCH3 is 1. The maximum Gasteiger partial charge on any atom is 0.276 e. The zero-order valence-electron chi connectivity index (χ0n) is 17.4. The molecule has 8 nitrogen and oxygen atoms in total. The lowest BCUT2D eigenvalue weighted by Gasteiger charge is -2.19. The van der Waals surface area contributed by atoms with Gasteiger partial charge in [0.2, 0.25) is 0 Å². The Kier molecular flexibility index (Phi) is 7.03. The van der Waals surface area contributed by atoms with Gasteiger partial charge in [0.05, 0.1) is 12.5 Å². The molecule has 1 aromatic heterocycles. The zero-order valence-corrected chi connectivity index (χ0v) is 17.4. The van der Waals surface area contributed by atoms with Crippen molar-refractivity contribution in [3.63, 3.8) is 0 Å². The number of carbonyl (C=O) groups is 1. The van der Waals surface area contributed by atoms with Crippen molar-refractivity contribution in [1.29, 1.82) is 0 Å². The van der Waals surface area contributed by atoms with Gasteiger partial charge in [-0.05, 0) is 31.3 Å². The van der Waals surface area contributed by atoms with Crippen LogP contribution < -0.4 is 20.3 Å². The molecular weight excluding hydrogens is 384 g/mol. The summed E-state index contributed by atoms with van der Waals surface area (Å²) in [7, 11) is 1.57. The van der Waals surface area contributed by atoms with E-state index in [9.17, 15) is 9.59 Å². The Morgan fingerprint density at radius 2 is 1.83 bits per heavy atom. The molecule has 0 aliphatic heterocycles. The molecule has 0 bridgehead atoms. The van der Waals surface area contributed by atoms with Gasteiger partial charge in [-0.1, -0.05) is 32.0 Å². The first-order valence-corrected chi connectivity index (χ1v) is 9.89. The fraction of sp³-hybridized carbons (Fsp3) is 0.318. The molecule has 8 heteroatoms. The van der Waals surface area contributed by atoms with Crippen LogP contribution in [0.3, 0.4) is 0 Å². The van der Waals surface area contributed by atoms with Crippen molar-refractivity contribution in [2.45, 2.75) is 13.8 Å². The monoisotopic (exact) mass is 410 g/mol. The molecule has 0 saturated heterocycles. The quantitative estimate of drug-likeness (QED) is 0.563. The van der Waals surface area contributed by atoms with Crippen molar-refractivity contribution < 1.29 is 14.3 Å². The number of rotatable bonds is 9. The molecule has 0 radical (unpaired) electrons. The number of H-pyrrole nitrogens is 1. The van der Waals surface area contributed by atoms with Crippen LogP contribution in [0.25, 0.3) is 10.8 Å². The Morgan fingerprint density at radius 1 is 1.10 bits per heavy atom. The standard InChI is InChI=1S/C22H26N4O4/c1-4-26(5-2)12-13-30-19-14-15(10-11-18(19)29-3)23-22(28)20-16-8-6-7-9-17(16)21(27)25-24-20/h6-11,14H,4-5,12-13H2,1-3H3,(H,23,28)(H,25,27). The van der Waals surface area contributed by atoms with Gasteiger partial charge in [-0.25, -0.2) is 5.10 Å². The molecule has 0 aliphatic carbocycles. The average Bonchev–Trinajstić information content (AvgIpc) is 2.77. The number of aromatic amines is 1. The number of nitrogens with zero attached hydrogens (tertiary/aromatic N) is 2. The molecule has 3 aromatic rings. The average molecular weight is 410 g/mol. The third-order valence-electron chi connectivity index (χ3n) is 4.89. The van der Waals surface area contributed by atoms with E-state index in [2.05, 4.69) is 34.3 Å². The number of ether oxygens (including phenoxy) is 2. The van der Waals surface area contributed by atoms with Gasteiger partial charge in [0.15, 0.2) is 17.2 Å². The van der Waals surface area contributed by atoms with Crippen molar-refractivity contribution in [3.8, 4) is 11.5 Å². The van der Waals surface area contributed by atoms with Crippen LogP contribution in [0.2, 0.25) is 0 Å². The number of benzene rings is 2. The third kappa shape index (κ3) is 4.77. The molecule has 0 spiro atoms. The van der Waals surface area contributed by atoms with Crippen molar-refractivity contribution in [2.75, 3.05) is 38.7 Å². The van der Waals surface area contributed by atoms with Crippen LogP contribution in [0.1, 0.15) is 24.3 Å². The molecule has 0 saturated carbocycles. The van der Waals surface area contributed by atoms with Crippen molar-refractivity contribution >= 4 is 22.4 Å². The van der Waals surface area contributed by atoms with E-state index in [-0.39, 0.29) is 11.3 Å². The number of amides is 1. The minimum absolute atomic E-state index is 0.144. The highest BCUT2D eigenvalue weighted by Gasteiger charge is 2.15. The second kappa shape index (κ2) is 9.89. The molecule has 0 unspecified atom stereocenters. The number of carbonyl (C=O) groups excluding carboxylic acids is 1. The second-order valence-corrected chi connectivity index (χ2v) is 6.64. The molecule has 0 atom stereocenters. The minimum Gasteiger partial charge on any atom is -0.493 e. The van der Waals surface area contributed by atoms with Gasteiger partial charge in [0, 0.05) is 23.7 Å². The van der Waals surface area contributed by atoms with Crippen molar-refractivity contribution in [2.24, 2.45) is 0 Å². The first-order valence-electron chi connectivity index (χ1n) is 9.89. The van der Waals surface area contributed by atoms with Gasteiger partial charge in [0.1, 0.15) is 6.61 Å². The highest BCUT2D eigenvalue weighted by atomic mass is 16.5. The Balaban J connectivity index is 1.79. The highest BCUT2D eigenvalue weighted by molar-refractivity contribution is 6.11. The van der Waals surface area contributed by atoms with Crippen LogP contribution in [-0.2, 0) is 0 Å². The molecule has 30 heavy (non-hydrogen) atoms. The van der Waals surface area contributed by atoms with Crippen LogP contribution in [0.5, 0.6) is 11.5 Å². The van der Waals surface area contributed by atoms with Crippen molar-refractivity contribution in [1.82, 2.24) is 15.1 Å². The van der Waals surface area contributed by atoms with Gasteiger partial charge in [-0.3, -0.25) is 9.59 Å². The maximum absolute atomic E-state index is 12.8. The normalized spacial score (nSPS) is 10.9. The number of anilines is 1. The predicted molar refractivity (Wildman–Crippen MR) is 117 cm³/mol. The van der Waals surface area contributed by atoms with Gasteiger partial charge in [0.25, 0.3) is 11.5 Å². The summed E-state index contributed by atoms with van der Waals surface area (Å²) in [4.78, 5) is 27.0. The number of nitrogens with one attached hydrogen (secondary N) is 2. The molecule has 2 N–H and O–H groups in total. The third-order valence-corrected chi connectivity index (χ3v) is 4.89. The van der Waals surface area contributed by atoms with Crippen LogP contribution in [0.4, 0.5) is 5.69 Å². The Hall–Kier alpha value is -3.39. The zero-order chi connectivity index (χ0) is 21.5. The van der Waals surface area contributed by atoms with E-state index >= 15 is 0 Å². The summed E-state index contributed by atoms with van der Waals surface area (Å²) in [5, 5.41) is 10.0. The summed E-state index contributed by atoms with van der Waals surface area (Å²) in [5.41, 5.74) is 0.344. The predicted octanol–water partition coefficient (Wildman–Crippen LogP) is 2.90. The molecule has 0 aliphatic rings.